The molecule has 2 heterocycles. The molecule has 2 heteroatoms. The van der Waals surface area contributed by atoms with Gasteiger partial charge in [-0.05, 0) is 0 Å². The first-order valence-electron chi connectivity index (χ1n) is 3.10. The Morgan fingerprint density at radius 2 is 2.56 bits per heavy atom. The third-order valence-electron chi connectivity index (χ3n) is 1.57. The van der Waals surface area contributed by atoms with Crippen molar-refractivity contribution in [1.82, 2.24) is 0 Å². The van der Waals surface area contributed by atoms with Gasteiger partial charge in [0.25, 0.3) is 0 Å². The molecule has 0 aliphatic carbocycles. The molecule has 48 valence electrons. The van der Waals surface area contributed by atoms with Crippen LogP contribution in [0.1, 0.15) is 10.4 Å². The molecule has 2 rings (SSSR count). The van der Waals surface area contributed by atoms with Crippen LogP contribution in [-0.4, -0.2) is 15.0 Å². The van der Waals surface area contributed by atoms with E-state index in [1.807, 2.05) is 11.3 Å². The molecule has 1 aromatic heterocycles. The van der Waals surface area contributed by atoms with Gasteiger partial charge in [-0.1, -0.05) is 0 Å². The quantitative estimate of drug-likeness (QED) is 0.565. The Labute approximate surface area is 65.4 Å². The molecular weight excluding hydrogens is 195 g/mol. The van der Waals surface area contributed by atoms with E-state index in [1.165, 1.54) is 17.1 Å². The van der Waals surface area contributed by atoms with Crippen LogP contribution >= 0.6 is 11.3 Å². The Kier molecular flexibility index (Phi) is 1.62. The van der Waals surface area contributed by atoms with Gasteiger partial charge < -0.3 is 0 Å². The standard InChI is InChI=1S/C7H8SSe/c1-3-8-7-2-4-9-5-6(1)7/h1,3H,2,4-5H2. The van der Waals surface area contributed by atoms with Crippen molar-refractivity contribution >= 4 is 26.3 Å². The maximum atomic E-state index is 2.29. The number of hydrogen-bond acceptors (Lipinski definition) is 1. The van der Waals surface area contributed by atoms with Crippen LogP contribution in [0.2, 0.25) is 5.32 Å². The molecule has 1 aliphatic rings. The SMILES string of the molecule is c1cc2c(s1)CC[Se]C2. The Morgan fingerprint density at radius 3 is 3.44 bits per heavy atom. The third-order valence-corrected chi connectivity index (χ3v) is 4.71. The van der Waals surface area contributed by atoms with E-state index in [9.17, 15) is 0 Å². The fourth-order valence-corrected chi connectivity index (χ4v) is 4.53. The second-order valence-electron chi connectivity index (χ2n) is 2.17. The van der Waals surface area contributed by atoms with Crippen LogP contribution in [0.15, 0.2) is 11.4 Å². The molecule has 0 fully saturated rings. The summed E-state index contributed by atoms with van der Waals surface area (Å²) < 4.78 is 0. The molecule has 0 aromatic carbocycles. The molecule has 0 saturated carbocycles. The molecule has 1 aromatic rings. The van der Waals surface area contributed by atoms with Crippen molar-refractivity contribution in [2.45, 2.75) is 17.1 Å². The van der Waals surface area contributed by atoms with Crippen molar-refractivity contribution in [3.8, 4) is 0 Å². The first-order valence-corrected chi connectivity index (χ1v) is 6.40. The van der Waals surface area contributed by atoms with Crippen molar-refractivity contribution < 1.29 is 0 Å². The average molecular weight is 203 g/mol. The number of rotatable bonds is 0. The topological polar surface area (TPSA) is 0 Å². The Hall–Kier alpha value is 0.219. The molecule has 0 amide bonds. The van der Waals surface area contributed by atoms with Gasteiger partial charge in [0.15, 0.2) is 0 Å². The summed E-state index contributed by atoms with van der Waals surface area (Å²) in [6.07, 6.45) is 1.37. The average Bonchev–Trinajstić information content (AvgIpc) is 2.33. The van der Waals surface area contributed by atoms with E-state index in [-0.39, 0.29) is 0 Å². The summed E-state index contributed by atoms with van der Waals surface area (Å²) >= 11 is 2.86. The minimum atomic E-state index is 0.925. The fourth-order valence-electron chi connectivity index (χ4n) is 1.06. The molecule has 0 bridgehead atoms. The predicted molar refractivity (Wildman–Crippen MR) is 42.3 cm³/mol. The molecule has 0 spiro atoms. The van der Waals surface area contributed by atoms with Crippen molar-refractivity contribution in [2.24, 2.45) is 0 Å². The maximum absolute atomic E-state index is 2.29. The number of thiophene rings is 1. The van der Waals surface area contributed by atoms with Gasteiger partial charge in [0.2, 0.25) is 0 Å². The molecule has 0 nitrogen and oxygen atoms in total. The number of aryl methyl sites for hydroxylation is 1. The van der Waals surface area contributed by atoms with E-state index >= 15 is 0 Å². The van der Waals surface area contributed by atoms with Gasteiger partial charge in [0, 0.05) is 0 Å². The molecule has 0 atom stereocenters. The monoisotopic (exact) mass is 204 g/mol. The van der Waals surface area contributed by atoms with Gasteiger partial charge >= 0.3 is 65.2 Å². The second-order valence-corrected chi connectivity index (χ2v) is 5.49. The Morgan fingerprint density at radius 1 is 1.56 bits per heavy atom. The first-order chi connectivity index (χ1) is 4.47. The second kappa shape index (κ2) is 2.45. The minimum absolute atomic E-state index is 0.925. The zero-order chi connectivity index (χ0) is 6.10. The molecule has 0 radical (unpaired) electrons. The van der Waals surface area contributed by atoms with E-state index in [2.05, 4.69) is 11.4 Å². The summed E-state index contributed by atoms with van der Waals surface area (Å²) in [7, 11) is 0. The van der Waals surface area contributed by atoms with Crippen molar-refractivity contribution in [3.05, 3.63) is 21.9 Å². The van der Waals surface area contributed by atoms with E-state index < -0.39 is 0 Å². The van der Waals surface area contributed by atoms with Gasteiger partial charge in [-0.25, -0.2) is 0 Å². The summed E-state index contributed by atoms with van der Waals surface area (Å²) in [6, 6.07) is 2.29. The van der Waals surface area contributed by atoms with Gasteiger partial charge in [-0.3, -0.25) is 0 Å². The van der Waals surface area contributed by atoms with E-state index in [4.69, 9.17) is 0 Å². The summed E-state index contributed by atoms with van der Waals surface area (Å²) in [5.41, 5.74) is 1.64. The van der Waals surface area contributed by atoms with E-state index in [1.54, 1.807) is 10.4 Å². The van der Waals surface area contributed by atoms with Gasteiger partial charge in [-0.2, -0.15) is 0 Å². The van der Waals surface area contributed by atoms with Crippen LogP contribution in [0.5, 0.6) is 0 Å². The summed E-state index contributed by atoms with van der Waals surface area (Å²) in [6.45, 7) is 0. The van der Waals surface area contributed by atoms with Gasteiger partial charge in [0.1, 0.15) is 0 Å². The summed E-state index contributed by atoms with van der Waals surface area (Å²) in [5.74, 6) is 0. The summed E-state index contributed by atoms with van der Waals surface area (Å²) in [5, 5.41) is 5.10. The zero-order valence-electron chi connectivity index (χ0n) is 5.09. The molecule has 1 aliphatic heterocycles. The van der Waals surface area contributed by atoms with Crippen LogP contribution in [-0.2, 0) is 11.7 Å². The van der Waals surface area contributed by atoms with Gasteiger partial charge in [0.05, 0.1) is 0 Å². The van der Waals surface area contributed by atoms with Crippen LogP contribution in [0.25, 0.3) is 0 Å². The Bertz CT molecular complexity index is 184. The first kappa shape index (κ1) is 5.96. The normalized spacial score (nSPS) is 17.3. The molecule has 0 unspecified atom stereocenters. The van der Waals surface area contributed by atoms with Crippen molar-refractivity contribution in [1.29, 1.82) is 0 Å². The summed E-state index contributed by atoms with van der Waals surface area (Å²) in [4.78, 5) is 1.66. The number of hydrogen-bond donors (Lipinski definition) is 0. The van der Waals surface area contributed by atoms with Crippen molar-refractivity contribution in [3.63, 3.8) is 0 Å². The van der Waals surface area contributed by atoms with Crippen LogP contribution in [0, 0.1) is 0 Å². The molecule has 0 N–H and O–H groups in total. The molecule has 9 heavy (non-hydrogen) atoms. The van der Waals surface area contributed by atoms with Gasteiger partial charge in [-0.15, -0.1) is 0 Å². The van der Waals surface area contributed by atoms with Crippen molar-refractivity contribution in [2.75, 3.05) is 0 Å². The van der Waals surface area contributed by atoms with Crippen LogP contribution in [0.3, 0.4) is 0 Å². The molecular formula is C7H8SSe. The number of fused-ring (bicyclic) bond motifs is 1. The fraction of sp³-hybridized carbons (Fsp3) is 0.429. The predicted octanol–water partition coefficient (Wildman–Crippen LogP) is 1.93. The van der Waals surface area contributed by atoms with E-state index in [0.717, 1.165) is 15.0 Å². The zero-order valence-corrected chi connectivity index (χ0v) is 7.62. The molecule has 0 saturated heterocycles. The van der Waals surface area contributed by atoms with Crippen LogP contribution < -0.4 is 0 Å². The third kappa shape index (κ3) is 1.07. The Balaban J connectivity index is 2.39. The van der Waals surface area contributed by atoms with Crippen LogP contribution in [0.4, 0.5) is 0 Å². The van der Waals surface area contributed by atoms with E-state index in [0.29, 0.717) is 0 Å².